The summed E-state index contributed by atoms with van der Waals surface area (Å²) in [5.74, 6) is 1.62. The Morgan fingerprint density at radius 2 is 1.87 bits per heavy atom. The average molecular weight is 326 g/mol. The lowest BCUT2D eigenvalue weighted by Crippen LogP contribution is -2.38. The quantitative estimate of drug-likeness (QED) is 0.839. The third kappa shape index (κ3) is 2.42. The smallest absolute Gasteiger partial charge is 0.226 e. The van der Waals surface area contributed by atoms with Crippen LogP contribution in [-0.2, 0) is 12.8 Å². The predicted octanol–water partition coefficient (Wildman–Crippen LogP) is 4.37. The zero-order chi connectivity index (χ0) is 15.4. The molecule has 0 bridgehead atoms. The van der Waals surface area contributed by atoms with E-state index in [1.807, 2.05) is 0 Å². The largest absolute Gasteiger partial charge is 0.341 e. The van der Waals surface area contributed by atoms with Gasteiger partial charge in [0.15, 0.2) is 0 Å². The lowest BCUT2D eigenvalue weighted by atomic mass is 10.0. The van der Waals surface area contributed by atoms with Crippen molar-refractivity contribution in [2.24, 2.45) is 0 Å². The van der Waals surface area contributed by atoms with Crippen LogP contribution in [0.25, 0.3) is 11.3 Å². The minimum atomic E-state index is 0.706. The van der Waals surface area contributed by atoms with Crippen molar-refractivity contribution >= 4 is 17.5 Å². The standard InChI is InChI=1S/C19H20ClN3/c20-15-10-13(12-5-6-12)9-14(11-15)18-16-3-1-4-17(16)21-19(22-18)23-7-2-8-23/h9-12H,1-8H2. The Hall–Kier alpha value is -1.61. The Kier molecular flexibility index (Phi) is 3.12. The minimum absolute atomic E-state index is 0.706. The van der Waals surface area contributed by atoms with E-state index >= 15 is 0 Å². The van der Waals surface area contributed by atoms with Crippen molar-refractivity contribution in [2.75, 3.05) is 18.0 Å². The number of rotatable bonds is 3. The van der Waals surface area contributed by atoms with Gasteiger partial charge in [-0.2, -0.15) is 0 Å². The first kappa shape index (κ1) is 13.8. The zero-order valence-corrected chi connectivity index (χ0v) is 13.9. The molecule has 3 aliphatic rings. The number of benzene rings is 1. The van der Waals surface area contributed by atoms with Crippen LogP contribution in [-0.4, -0.2) is 23.1 Å². The minimum Gasteiger partial charge on any atom is -0.341 e. The zero-order valence-electron chi connectivity index (χ0n) is 13.2. The van der Waals surface area contributed by atoms with E-state index in [0.29, 0.717) is 5.92 Å². The highest BCUT2D eigenvalue weighted by atomic mass is 35.5. The van der Waals surface area contributed by atoms with Crippen molar-refractivity contribution in [2.45, 2.75) is 44.4 Å². The van der Waals surface area contributed by atoms with Gasteiger partial charge in [0.2, 0.25) is 5.95 Å². The second-order valence-electron chi connectivity index (χ2n) is 7.04. The molecule has 4 heteroatoms. The number of halogens is 1. The molecule has 1 saturated heterocycles. The van der Waals surface area contributed by atoms with E-state index in [0.717, 1.165) is 42.6 Å². The van der Waals surface area contributed by atoms with Gasteiger partial charge in [0.05, 0.1) is 5.69 Å². The first-order valence-electron chi connectivity index (χ1n) is 8.73. The fraction of sp³-hybridized carbons (Fsp3) is 0.474. The van der Waals surface area contributed by atoms with Gasteiger partial charge >= 0.3 is 0 Å². The van der Waals surface area contributed by atoms with Crippen molar-refractivity contribution < 1.29 is 0 Å². The molecule has 0 radical (unpaired) electrons. The Balaban J connectivity index is 1.65. The molecule has 2 aliphatic carbocycles. The molecule has 0 unspecified atom stereocenters. The summed E-state index contributed by atoms with van der Waals surface area (Å²) in [7, 11) is 0. The normalized spacial score (nSPS) is 19.6. The number of nitrogens with zero attached hydrogens (tertiary/aromatic N) is 3. The Bertz CT molecular complexity index is 778. The summed E-state index contributed by atoms with van der Waals surface area (Å²) in [6.07, 6.45) is 7.20. The van der Waals surface area contributed by atoms with E-state index in [2.05, 4.69) is 23.1 Å². The lowest BCUT2D eigenvalue weighted by molar-refractivity contribution is 0.599. The van der Waals surface area contributed by atoms with E-state index in [-0.39, 0.29) is 0 Å². The molecule has 0 spiro atoms. The highest BCUT2D eigenvalue weighted by Gasteiger charge is 2.27. The fourth-order valence-corrected chi connectivity index (χ4v) is 3.96. The van der Waals surface area contributed by atoms with E-state index in [9.17, 15) is 0 Å². The van der Waals surface area contributed by atoms with Crippen LogP contribution >= 0.6 is 11.6 Å². The Morgan fingerprint density at radius 1 is 1.00 bits per heavy atom. The number of fused-ring (bicyclic) bond motifs is 1. The molecule has 1 aliphatic heterocycles. The summed E-state index contributed by atoms with van der Waals surface area (Å²) in [6, 6.07) is 6.51. The molecule has 1 aromatic carbocycles. The van der Waals surface area contributed by atoms with Crippen LogP contribution in [0.4, 0.5) is 5.95 Å². The Morgan fingerprint density at radius 3 is 2.61 bits per heavy atom. The maximum atomic E-state index is 6.41. The number of aryl methyl sites for hydroxylation is 1. The van der Waals surface area contributed by atoms with Crippen LogP contribution < -0.4 is 4.90 Å². The van der Waals surface area contributed by atoms with Gasteiger partial charge in [0, 0.05) is 34.9 Å². The molecule has 3 nitrogen and oxygen atoms in total. The van der Waals surface area contributed by atoms with Crippen LogP contribution in [0.2, 0.25) is 5.02 Å². The molecular formula is C19H20ClN3. The molecular weight excluding hydrogens is 306 g/mol. The molecule has 0 amide bonds. The van der Waals surface area contributed by atoms with Gasteiger partial charge in [-0.3, -0.25) is 0 Å². The summed E-state index contributed by atoms with van der Waals surface area (Å²) >= 11 is 6.41. The van der Waals surface area contributed by atoms with Crippen molar-refractivity contribution in [3.63, 3.8) is 0 Å². The molecule has 0 atom stereocenters. The third-order valence-electron chi connectivity index (χ3n) is 5.30. The lowest BCUT2D eigenvalue weighted by Gasteiger charge is -2.31. The maximum absolute atomic E-state index is 6.41. The monoisotopic (exact) mass is 325 g/mol. The molecule has 0 N–H and O–H groups in total. The maximum Gasteiger partial charge on any atom is 0.226 e. The number of aromatic nitrogens is 2. The second-order valence-corrected chi connectivity index (χ2v) is 7.48. The molecule has 5 rings (SSSR count). The summed E-state index contributed by atoms with van der Waals surface area (Å²) in [4.78, 5) is 12.1. The van der Waals surface area contributed by atoms with Crippen LogP contribution in [0.5, 0.6) is 0 Å². The number of hydrogen-bond acceptors (Lipinski definition) is 3. The molecule has 118 valence electrons. The molecule has 23 heavy (non-hydrogen) atoms. The van der Waals surface area contributed by atoms with E-state index < -0.39 is 0 Å². The first-order valence-corrected chi connectivity index (χ1v) is 9.11. The SMILES string of the molecule is Clc1cc(-c2nc(N3CCC3)nc3c2CCC3)cc(C2CC2)c1. The van der Waals surface area contributed by atoms with Gasteiger partial charge < -0.3 is 4.90 Å². The van der Waals surface area contributed by atoms with Gasteiger partial charge in [-0.1, -0.05) is 11.6 Å². The predicted molar refractivity (Wildman–Crippen MR) is 93.3 cm³/mol. The second kappa shape index (κ2) is 5.20. The summed E-state index contributed by atoms with van der Waals surface area (Å²) in [6.45, 7) is 2.17. The Labute approximate surface area is 141 Å². The average Bonchev–Trinajstić information content (AvgIpc) is 3.23. The van der Waals surface area contributed by atoms with Crippen LogP contribution in [0.3, 0.4) is 0 Å². The molecule has 1 aromatic heterocycles. The highest BCUT2D eigenvalue weighted by molar-refractivity contribution is 6.31. The number of anilines is 1. The van der Waals surface area contributed by atoms with Crippen molar-refractivity contribution in [1.82, 2.24) is 9.97 Å². The summed E-state index contributed by atoms with van der Waals surface area (Å²) in [5, 5.41) is 0.834. The van der Waals surface area contributed by atoms with Gasteiger partial charge in [-0.05, 0) is 68.2 Å². The summed E-state index contributed by atoms with van der Waals surface area (Å²) < 4.78 is 0. The van der Waals surface area contributed by atoms with E-state index in [1.165, 1.54) is 48.1 Å². The van der Waals surface area contributed by atoms with E-state index in [4.69, 9.17) is 21.6 Å². The van der Waals surface area contributed by atoms with E-state index in [1.54, 1.807) is 0 Å². The van der Waals surface area contributed by atoms with Crippen molar-refractivity contribution in [1.29, 1.82) is 0 Å². The van der Waals surface area contributed by atoms with Crippen molar-refractivity contribution in [3.8, 4) is 11.3 Å². The molecule has 2 heterocycles. The third-order valence-corrected chi connectivity index (χ3v) is 5.52. The van der Waals surface area contributed by atoms with Gasteiger partial charge in [-0.15, -0.1) is 0 Å². The van der Waals surface area contributed by atoms with Crippen LogP contribution in [0, 0.1) is 0 Å². The molecule has 1 saturated carbocycles. The topological polar surface area (TPSA) is 29.0 Å². The fourth-order valence-electron chi connectivity index (χ4n) is 3.72. The van der Waals surface area contributed by atoms with Gasteiger partial charge in [0.1, 0.15) is 0 Å². The van der Waals surface area contributed by atoms with Gasteiger partial charge in [0.25, 0.3) is 0 Å². The molecule has 2 aromatic rings. The number of hydrogen-bond donors (Lipinski definition) is 0. The highest BCUT2D eigenvalue weighted by Crippen LogP contribution is 2.43. The van der Waals surface area contributed by atoms with Crippen LogP contribution in [0.15, 0.2) is 18.2 Å². The summed E-state index contributed by atoms with van der Waals surface area (Å²) in [5.41, 5.74) is 6.28. The molecule has 2 fully saturated rings. The van der Waals surface area contributed by atoms with Gasteiger partial charge in [-0.25, -0.2) is 9.97 Å². The van der Waals surface area contributed by atoms with Crippen molar-refractivity contribution in [3.05, 3.63) is 40.0 Å². The first-order chi connectivity index (χ1) is 11.3. The van der Waals surface area contributed by atoms with Crippen LogP contribution in [0.1, 0.15) is 48.4 Å².